The summed E-state index contributed by atoms with van der Waals surface area (Å²) in [5.41, 5.74) is 2.89. The van der Waals surface area contributed by atoms with Crippen LogP contribution in [-0.4, -0.2) is 51.2 Å². The number of methoxy groups -OCH3 is 1. The van der Waals surface area contributed by atoms with E-state index in [-0.39, 0.29) is 5.82 Å². The minimum atomic E-state index is -0.235. The Kier molecular flexibility index (Phi) is 6.11. The van der Waals surface area contributed by atoms with Crippen LogP contribution in [0.2, 0.25) is 0 Å². The summed E-state index contributed by atoms with van der Waals surface area (Å²) in [5.74, 6) is 1.96. The van der Waals surface area contributed by atoms with Gasteiger partial charge in [0.15, 0.2) is 0 Å². The monoisotopic (exact) mass is 449 g/mol. The van der Waals surface area contributed by atoms with Crippen molar-refractivity contribution in [3.8, 4) is 5.75 Å². The van der Waals surface area contributed by atoms with Crippen LogP contribution in [0.3, 0.4) is 0 Å². The molecule has 0 atom stereocenters. The molecule has 0 bridgehead atoms. The van der Waals surface area contributed by atoms with Crippen LogP contribution < -0.4 is 19.4 Å². The molecule has 5 rings (SSSR count). The smallest absolute Gasteiger partial charge is 0.150 e. The highest BCUT2D eigenvalue weighted by molar-refractivity contribution is 5.85. The average Bonchev–Trinajstić information content (AvgIpc) is 3.50. The van der Waals surface area contributed by atoms with Crippen molar-refractivity contribution in [2.45, 2.75) is 25.7 Å². The van der Waals surface area contributed by atoms with Gasteiger partial charge >= 0.3 is 0 Å². The second-order valence-electron chi connectivity index (χ2n) is 9.06. The summed E-state index contributed by atoms with van der Waals surface area (Å²) in [6.45, 7) is 8.48. The topological polar surface area (TPSA) is 34.5 Å². The molecule has 0 aromatic heterocycles. The molecule has 3 aliphatic rings. The highest BCUT2D eigenvalue weighted by Crippen LogP contribution is 2.31. The van der Waals surface area contributed by atoms with E-state index in [1.165, 1.54) is 37.4 Å². The SMILES string of the molecule is C=C1N(CC2CCCC2)N=CN1c1ccc(N2CCN(c3ccc(OC)cc3F)CC2)cc1. The normalized spacial score (nSPS) is 19.2. The highest BCUT2D eigenvalue weighted by Gasteiger charge is 2.26. The first-order valence-electron chi connectivity index (χ1n) is 11.9. The van der Waals surface area contributed by atoms with Crippen LogP contribution in [-0.2, 0) is 0 Å². The molecule has 0 amide bonds. The molecule has 1 saturated heterocycles. The van der Waals surface area contributed by atoms with Crippen molar-refractivity contribution in [1.82, 2.24) is 5.01 Å². The molecule has 0 spiro atoms. The van der Waals surface area contributed by atoms with Gasteiger partial charge in [-0.1, -0.05) is 19.4 Å². The third-order valence-corrected chi connectivity index (χ3v) is 7.06. The quantitative estimate of drug-likeness (QED) is 0.628. The van der Waals surface area contributed by atoms with Crippen LogP contribution in [0.15, 0.2) is 60.0 Å². The van der Waals surface area contributed by atoms with E-state index < -0.39 is 0 Å². The van der Waals surface area contributed by atoms with E-state index in [1.807, 2.05) is 17.4 Å². The number of rotatable bonds is 6. The van der Waals surface area contributed by atoms with Crippen LogP contribution >= 0.6 is 0 Å². The molecule has 2 heterocycles. The summed E-state index contributed by atoms with van der Waals surface area (Å²) >= 11 is 0. The maximum atomic E-state index is 14.4. The molecule has 6 nitrogen and oxygen atoms in total. The lowest BCUT2D eigenvalue weighted by molar-refractivity contribution is 0.310. The van der Waals surface area contributed by atoms with E-state index >= 15 is 0 Å². The zero-order valence-corrected chi connectivity index (χ0v) is 19.3. The molecule has 33 heavy (non-hydrogen) atoms. The Morgan fingerprint density at radius 2 is 1.64 bits per heavy atom. The van der Waals surface area contributed by atoms with Crippen LogP contribution in [0.25, 0.3) is 0 Å². The first kappa shape index (κ1) is 21.6. The van der Waals surface area contributed by atoms with Crippen LogP contribution in [0.4, 0.5) is 21.5 Å². The van der Waals surface area contributed by atoms with Gasteiger partial charge in [0.2, 0.25) is 0 Å². The Morgan fingerprint density at radius 1 is 0.970 bits per heavy atom. The molecular formula is C26H32FN5O. The molecule has 1 saturated carbocycles. The third-order valence-electron chi connectivity index (χ3n) is 7.06. The number of halogens is 1. The molecule has 2 aliphatic heterocycles. The molecule has 174 valence electrons. The Labute approximate surface area is 195 Å². The standard InChI is InChI=1S/C26H32FN5O/c1-20-31(19-28-32(20)18-21-5-3-4-6-21)23-9-7-22(8-10-23)29-13-15-30(16-14-29)26-12-11-24(33-2)17-25(26)27/h7-12,17,19,21H,1,3-6,13-16,18H2,2H3. The Morgan fingerprint density at radius 3 is 2.30 bits per heavy atom. The van der Waals surface area contributed by atoms with Crippen molar-refractivity contribution in [2.75, 3.05) is 54.5 Å². The first-order valence-corrected chi connectivity index (χ1v) is 11.9. The zero-order valence-electron chi connectivity index (χ0n) is 19.3. The van der Waals surface area contributed by atoms with E-state index in [0.717, 1.165) is 50.2 Å². The van der Waals surface area contributed by atoms with Crippen molar-refractivity contribution in [1.29, 1.82) is 0 Å². The van der Waals surface area contributed by atoms with Crippen molar-refractivity contribution < 1.29 is 9.13 Å². The predicted molar refractivity (Wildman–Crippen MR) is 133 cm³/mol. The fourth-order valence-corrected chi connectivity index (χ4v) is 5.08. The summed E-state index contributed by atoms with van der Waals surface area (Å²) in [6, 6.07) is 13.6. The summed E-state index contributed by atoms with van der Waals surface area (Å²) in [4.78, 5) is 6.51. The molecule has 0 radical (unpaired) electrons. The lowest BCUT2D eigenvalue weighted by Crippen LogP contribution is -2.46. The summed E-state index contributed by atoms with van der Waals surface area (Å²) in [6.07, 6.45) is 7.14. The minimum absolute atomic E-state index is 0.235. The second-order valence-corrected chi connectivity index (χ2v) is 9.06. The fraction of sp³-hybridized carbons (Fsp3) is 0.423. The lowest BCUT2D eigenvalue weighted by atomic mass is 10.1. The Bertz CT molecular complexity index is 1010. The molecule has 0 unspecified atom stereocenters. The van der Waals surface area contributed by atoms with Gasteiger partial charge in [-0.15, -0.1) is 0 Å². The van der Waals surface area contributed by atoms with Gasteiger partial charge in [-0.25, -0.2) is 9.40 Å². The molecule has 2 aromatic carbocycles. The molecule has 7 heteroatoms. The largest absolute Gasteiger partial charge is 0.497 e. The van der Waals surface area contributed by atoms with Gasteiger partial charge in [-0.05, 0) is 55.2 Å². The van der Waals surface area contributed by atoms with E-state index in [1.54, 1.807) is 13.2 Å². The molecule has 2 aromatic rings. The zero-order chi connectivity index (χ0) is 22.8. The second kappa shape index (κ2) is 9.33. The number of hydrogen-bond acceptors (Lipinski definition) is 6. The van der Waals surface area contributed by atoms with Gasteiger partial charge in [-0.2, -0.15) is 5.10 Å². The van der Waals surface area contributed by atoms with E-state index in [9.17, 15) is 4.39 Å². The van der Waals surface area contributed by atoms with Gasteiger partial charge in [0.05, 0.1) is 12.8 Å². The number of anilines is 3. The minimum Gasteiger partial charge on any atom is -0.497 e. The van der Waals surface area contributed by atoms with Gasteiger partial charge in [-0.3, -0.25) is 4.90 Å². The number of hydrogen-bond donors (Lipinski definition) is 0. The van der Waals surface area contributed by atoms with Crippen molar-refractivity contribution >= 4 is 23.4 Å². The van der Waals surface area contributed by atoms with Gasteiger partial charge < -0.3 is 14.5 Å². The lowest BCUT2D eigenvalue weighted by Gasteiger charge is -2.37. The number of benzene rings is 2. The number of ether oxygens (including phenoxy) is 1. The van der Waals surface area contributed by atoms with E-state index in [4.69, 9.17) is 4.74 Å². The first-order chi connectivity index (χ1) is 16.1. The maximum Gasteiger partial charge on any atom is 0.150 e. The van der Waals surface area contributed by atoms with E-state index in [2.05, 4.69) is 50.6 Å². The van der Waals surface area contributed by atoms with E-state index in [0.29, 0.717) is 11.4 Å². The number of nitrogens with zero attached hydrogens (tertiary/aromatic N) is 5. The summed E-state index contributed by atoms with van der Waals surface area (Å²) in [5, 5.41) is 6.63. The molecular weight excluding hydrogens is 417 g/mol. The van der Waals surface area contributed by atoms with Crippen LogP contribution in [0.5, 0.6) is 5.75 Å². The van der Waals surface area contributed by atoms with Gasteiger partial charge in [0.1, 0.15) is 23.7 Å². The van der Waals surface area contributed by atoms with Crippen LogP contribution in [0.1, 0.15) is 25.7 Å². The maximum absolute atomic E-state index is 14.4. The number of piperazine rings is 1. The highest BCUT2D eigenvalue weighted by atomic mass is 19.1. The summed E-state index contributed by atoms with van der Waals surface area (Å²) in [7, 11) is 1.55. The van der Waals surface area contributed by atoms with Gasteiger partial charge in [0, 0.05) is 50.2 Å². The molecule has 1 aliphatic carbocycles. The number of hydrazone groups is 1. The van der Waals surface area contributed by atoms with Crippen molar-refractivity contribution in [3.05, 3.63) is 60.7 Å². The predicted octanol–water partition coefficient (Wildman–Crippen LogP) is 4.89. The van der Waals surface area contributed by atoms with Crippen molar-refractivity contribution in [3.63, 3.8) is 0 Å². The fourth-order valence-electron chi connectivity index (χ4n) is 5.08. The molecule has 0 N–H and O–H groups in total. The molecule has 2 fully saturated rings. The third kappa shape index (κ3) is 4.49. The Balaban J connectivity index is 1.18. The van der Waals surface area contributed by atoms with Crippen LogP contribution in [0, 0.1) is 11.7 Å². The van der Waals surface area contributed by atoms with Crippen molar-refractivity contribution in [2.24, 2.45) is 11.0 Å². The Hall–Kier alpha value is -3.22. The summed E-state index contributed by atoms with van der Waals surface area (Å²) < 4.78 is 19.6. The van der Waals surface area contributed by atoms with Gasteiger partial charge in [0.25, 0.3) is 0 Å². The average molecular weight is 450 g/mol.